The van der Waals surface area contributed by atoms with Crippen LogP contribution in [0.25, 0.3) is 0 Å². The second-order valence-corrected chi connectivity index (χ2v) is 6.37. The van der Waals surface area contributed by atoms with Crippen LogP contribution in [0.1, 0.15) is 12.8 Å². The van der Waals surface area contributed by atoms with Gasteiger partial charge in [0.25, 0.3) is 0 Å². The first-order valence-electron chi connectivity index (χ1n) is 10.2. The van der Waals surface area contributed by atoms with Gasteiger partial charge in [-0.05, 0) is 12.8 Å². The van der Waals surface area contributed by atoms with Gasteiger partial charge in [-0.1, -0.05) is 0 Å². The van der Waals surface area contributed by atoms with Gasteiger partial charge in [-0.3, -0.25) is 0 Å². The van der Waals surface area contributed by atoms with E-state index in [1.807, 2.05) is 0 Å². The molecule has 0 aromatic heterocycles. The third-order valence-electron chi connectivity index (χ3n) is 3.46. The number of hydrogen-bond donors (Lipinski definition) is 4. The molecule has 0 radical (unpaired) electrons. The topological polar surface area (TPSA) is 146 Å². The fourth-order valence-corrected chi connectivity index (χ4v) is 1.94. The molecule has 0 aliphatic rings. The van der Waals surface area contributed by atoms with Crippen molar-refractivity contribution in [3.05, 3.63) is 14.2 Å². The van der Waals surface area contributed by atoms with E-state index in [2.05, 4.69) is 23.7 Å². The van der Waals surface area contributed by atoms with E-state index < -0.39 is 18.3 Å². The Kier molecular flexibility index (Phi) is 32.5. The summed E-state index contributed by atoms with van der Waals surface area (Å²) in [6.45, 7) is 3.97. The second kappa shape index (κ2) is 29.6. The second-order valence-electron chi connectivity index (χ2n) is 6.37. The van der Waals surface area contributed by atoms with Gasteiger partial charge in [0.2, 0.25) is 0 Å². The Morgan fingerprint density at radius 3 is 1.47 bits per heavy atom. The summed E-state index contributed by atoms with van der Waals surface area (Å²) in [4.78, 5) is 0. The Balaban J connectivity index is -0.000000646. The standard InChI is InChI=1S/C14H29O7.C6H13O4.Rf/c1-17-11-13(15)3-5-19-7-9-21-10-8-20-6-4-14(16)12-18-2;1-9-4-6(8)5-10-3-2-7;/h13-16H,1,3-12H2,2H3;6-8H,1-5H2;/q2*-1;. The zero-order valence-electron chi connectivity index (χ0n) is 19.4. The predicted molar refractivity (Wildman–Crippen MR) is 112 cm³/mol. The summed E-state index contributed by atoms with van der Waals surface area (Å²) in [5, 5.41) is 35.9. The van der Waals surface area contributed by atoms with Gasteiger partial charge in [0.1, 0.15) is 0 Å². The Morgan fingerprint density at radius 2 is 1.03 bits per heavy atom. The molecule has 12 heteroatoms. The van der Waals surface area contributed by atoms with Crippen molar-refractivity contribution in [2.75, 3.05) is 86.4 Å². The summed E-state index contributed by atoms with van der Waals surface area (Å²) in [5.74, 6) is 0. The summed E-state index contributed by atoms with van der Waals surface area (Å²) >= 11 is 0. The molecular weight excluding hydrogens is 683 g/mol. The first-order chi connectivity index (χ1) is 15.0. The number of methoxy groups -OCH3 is 1. The van der Waals surface area contributed by atoms with Crippen LogP contribution >= 0.6 is 0 Å². The maximum atomic E-state index is 9.36. The van der Waals surface area contributed by atoms with Crippen molar-refractivity contribution < 1.29 is 53.6 Å². The maximum absolute atomic E-state index is 9.36. The fraction of sp³-hybridized carbons (Fsp3) is 0.900. The first kappa shape index (κ1) is 35.2. The van der Waals surface area contributed by atoms with Crippen molar-refractivity contribution in [3.63, 3.8) is 0 Å². The third kappa shape index (κ3) is 30.8. The average molecular weight is 726 g/mol. The molecule has 192 valence electrons. The fourth-order valence-electron chi connectivity index (χ4n) is 1.94. The minimum absolute atomic E-state index is 0. The molecule has 0 rings (SSSR count). The van der Waals surface area contributed by atoms with Crippen LogP contribution in [0.5, 0.6) is 0 Å². The van der Waals surface area contributed by atoms with Crippen LogP contribution in [0.2, 0.25) is 0 Å². The van der Waals surface area contributed by atoms with Crippen molar-refractivity contribution in [3.8, 4) is 0 Å². The molecule has 4 N–H and O–H groups in total. The average Bonchev–Trinajstić information content (AvgIpc) is 2.73. The molecule has 0 aliphatic heterocycles. The van der Waals surface area contributed by atoms with Crippen molar-refractivity contribution in [1.82, 2.24) is 0 Å². The number of aliphatic hydroxyl groups excluding tert-OH is 4. The zero-order valence-corrected chi connectivity index (χ0v) is 25.8. The number of ether oxygens (including phenoxy) is 7. The van der Waals surface area contributed by atoms with Crippen LogP contribution in [-0.2, 0) is 33.2 Å². The Morgan fingerprint density at radius 1 is 0.594 bits per heavy atom. The molecule has 0 aromatic carbocycles. The van der Waals surface area contributed by atoms with Crippen LogP contribution < -0.4 is 0 Å². The smallest absolute Gasteiger partial charge is 0.0976 e. The van der Waals surface area contributed by atoms with Gasteiger partial charge < -0.3 is 53.6 Å². The minimum Gasteiger partial charge on any atom is -0.553 e. The van der Waals surface area contributed by atoms with Crippen LogP contribution in [-0.4, -0.2) is 125 Å². The van der Waals surface area contributed by atoms with E-state index in [1.54, 1.807) is 7.11 Å². The molecule has 0 spiro atoms. The van der Waals surface area contributed by atoms with Gasteiger partial charge in [0, 0.05) is 33.5 Å². The van der Waals surface area contributed by atoms with E-state index >= 15 is 0 Å². The maximum Gasteiger partial charge on any atom is 0.0976 e. The molecule has 0 saturated carbocycles. The molecular formula is C20H42O11Rf-2. The monoisotopic (exact) mass is 725 g/mol. The molecule has 0 bridgehead atoms. The van der Waals surface area contributed by atoms with E-state index in [0.29, 0.717) is 59.1 Å². The molecule has 0 aliphatic carbocycles. The summed E-state index contributed by atoms with van der Waals surface area (Å²) in [6.07, 6.45) is -0.596. The summed E-state index contributed by atoms with van der Waals surface area (Å²) < 4.78 is 34.4. The number of aliphatic hydroxyl groups is 4. The predicted octanol–water partition coefficient (Wildman–Crippen LogP) is -0.843. The van der Waals surface area contributed by atoms with Crippen LogP contribution in [0.3, 0.4) is 0 Å². The van der Waals surface area contributed by atoms with E-state index in [4.69, 9.17) is 33.9 Å². The Hall–Kier alpha value is -1.44. The normalized spacial score (nSPS) is 13.6. The number of rotatable bonds is 22. The van der Waals surface area contributed by atoms with Crippen molar-refractivity contribution in [1.29, 1.82) is 0 Å². The molecule has 0 saturated heterocycles. The molecule has 0 amide bonds. The zero-order chi connectivity index (χ0) is 23.6. The van der Waals surface area contributed by atoms with Crippen LogP contribution in [0.15, 0.2) is 0 Å². The largest absolute Gasteiger partial charge is 0.553 e. The van der Waals surface area contributed by atoms with E-state index in [9.17, 15) is 10.2 Å². The van der Waals surface area contributed by atoms with E-state index in [0.717, 1.165) is 0 Å². The molecule has 0 aromatic rings. The van der Waals surface area contributed by atoms with Gasteiger partial charge in [-0.25, -0.2) is 14.2 Å². The van der Waals surface area contributed by atoms with Gasteiger partial charge in [-0.15, -0.1) is 0 Å². The van der Waals surface area contributed by atoms with Crippen molar-refractivity contribution in [2.45, 2.75) is 31.2 Å². The van der Waals surface area contributed by atoms with Gasteiger partial charge >= 0.3 is 0 Å². The molecule has 0 heterocycles. The Bertz CT molecular complexity index is 310. The van der Waals surface area contributed by atoms with Gasteiger partial charge in [0.15, 0.2) is 0 Å². The van der Waals surface area contributed by atoms with Gasteiger partial charge in [0.05, 0.1) is 71.2 Å². The molecule has 32 heavy (non-hydrogen) atoms. The quantitative estimate of drug-likeness (QED) is 0.0820. The minimum atomic E-state index is -0.649. The third-order valence-corrected chi connectivity index (χ3v) is 3.46. The molecule has 11 nitrogen and oxygen atoms in total. The van der Waals surface area contributed by atoms with Gasteiger partial charge in [-0.2, -0.15) is 0 Å². The summed E-state index contributed by atoms with van der Waals surface area (Å²) in [6, 6.07) is 0. The summed E-state index contributed by atoms with van der Waals surface area (Å²) in [7, 11) is 7.83. The van der Waals surface area contributed by atoms with Crippen molar-refractivity contribution >= 4 is 0 Å². The van der Waals surface area contributed by atoms with E-state index in [-0.39, 0.29) is 33.0 Å². The van der Waals surface area contributed by atoms with Crippen LogP contribution in [0, 0.1) is 14.2 Å². The SMILES string of the molecule is [CH2-]OCC(O)CCOCCOCCOCCC(O)COC.[CH2-]OCC(O)COCCO.[Rf]. The Labute approximate surface area is 186 Å². The molecule has 0 fully saturated rings. The molecule has 3 unspecified atom stereocenters. The molecule has 3 atom stereocenters. The van der Waals surface area contributed by atoms with E-state index in [1.165, 1.54) is 0 Å². The summed E-state index contributed by atoms with van der Waals surface area (Å²) in [5.41, 5.74) is 0. The number of hydrogen-bond acceptors (Lipinski definition) is 11. The first-order valence-corrected chi connectivity index (χ1v) is 10.2. The van der Waals surface area contributed by atoms with Crippen molar-refractivity contribution in [2.24, 2.45) is 0 Å². The van der Waals surface area contributed by atoms with Crippen LogP contribution in [0.4, 0.5) is 0 Å².